The van der Waals surface area contributed by atoms with Crippen LogP contribution in [0, 0.1) is 6.92 Å². The third-order valence-corrected chi connectivity index (χ3v) is 2.62. The van der Waals surface area contributed by atoms with Gasteiger partial charge >= 0.3 is 5.97 Å². The van der Waals surface area contributed by atoms with Gasteiger partial charge in [0.1, 0.15) is 6.54 Å². The van der Waals surface area contributed by atoms with Crippen LogP contribution in [-0.4, -0.2) is 29.6 Å². The van der Waals surface area contributed by atoms with E-state index in [1.807, 2.05) is 25.1 Å². The molecule has 0 saturated carbocycles. The van der Waals surface area contributed by atoms with E-state index >= 15 is 0 Å². The molecule has 0 radical (unpaired) electrons. The van der Waals surface area contributed by atoms with Crippen LogP contribution in [0.1, 0.15) is 5.56 Å². The number of methoxy groups -OCH3 is 1. The summed E-state index contributed by atoms with van der Waals surface area (Å²) in [5.41, 5.74) is 3.19. The minimum atomic E-state index is -0.355. The number of ether oxygens (including phenoxy) is 1. The van der Waals surface area contributed by atoms with Gasteiger partial charge in [-0.05, 0) is 12.5 Å². The number of hydrogen-bond donors (Lipinski definition) is 1. The first-order chi connectivity index (χ1) is 9.19. The molecule has 1 aromatic carbocycles. The van der Waals surface area contributed by atoms with Gasteiger partial charge in [-0.25, -0.2) is 9.97 Å². The molecule has 1 N–H and O–H groups in total. The van der Waals surface area contributed by atoms with Gasteiger partial charge < -0.3 is 10.1 Å². The van der Waals surface area contributed by atoms with Crippen molar-refractivity contribution in [3.63, 3.8) is 0 Å². The number of hydrogen-bond acceptors (Lipinski definition) is 5. The van der Waals surface area contributed by atoms with Crippen molar-refractivity contribution in [3.05, 3.63) is 42.2 Å². The monoisotopic (exact) mass is 257 g/mol. The molecule has 5 heteroatoms. The van der Waals surface area contributed by atoms with E-state index < -0.39 is 0 Å². The lowest BCUT2D eigenvalue weighted by atomic mass is 10.1. The molecule has 2 rings (SSSR count). The van der Waals surface area contributed by atoms with E-state index in [1.54, 1.807) is 12.4 Å². The maximum Gasteiger partial charge on any atom is 0.325 e. The Kier molecular flexibility index (Phi) is 4.07. The van der Waals surface area contributed by atoms with Gasteiger partial charge in [-0.1, -0.05) is 29.8 Å². The zero-order chi connectivity index (χ0) is 13.7. The van der Waals surface area contributed by atoms with Gasteiger partial charge in [0.25, 0.3) is 0 Å². The lowest BCUT2D eigenvalue weighted by molar-refractivity contribution is -0.138. The number of nitrogens with zero attached hydrogens (tertiary/aromatic N) is 2. The van der Waals surface area contributed by atoms with Crippen molar-refractivity contribution in [2.24, 2.45) is 0 Å². The smallest absolute Gasteiger partial charge is 0.325 e. The van der Waals surface area contributed by atoms with Crippen LogP contribution in [0.5, 0.6) is 0 Å². The molecule has 0 saturated heterocycles. The van der Waals surface area contributed by atoms with Gasteiger partial charge in [0.2, 0.25) is 5.95 Å². The highest BCUT2D eigenvalue weighted by molar-refractivity contribution is 5.74. The van der Waals surface area contributed by atoms with Crippen LogP contribution in [0.4, 0.5) is 5.95 Å². The number of nitrogens with one attached hydrogen (secondary N) is 1. The number of benzene rings is 1. The molecule has 5 nitrogen and oxygen atoms in total. The third-order valence-electron chi connectivity index (χ3n) is 2.62. The highest BCUT2D eigenvalue weighted by Crippen LogP contribution is 2.18. The van der Waals surface area contributed by atoms with Crippen molar-refractivity contribution in [3.8, 4) is 11.1 Å². The minimum Gasteiger partial charge on any atom is -0.468 e. The maximum absolute atomic E-state index is 11.0. The van der Waals surface area contributed by atoms with Crippen LogP contribution in [0.25, 0.3) is 11.1 Å². The predicted molar refractivity (Wildman–Crippen MR) is 72.7 cm³/mol. The second-order valence-corrected chi connectivity index (χ2v) is 4.09. The second-order valence-electron chi connectivity index (χ2n) is 4.09. The molecule has 0 amide bonds. The molecule has 0 spiro atoms. The summed E-state index contributed by atoms with van der Waals surface area (Å²) in [6.07, 6.45) is 3.45. The van der Waals surface area contributed by atoms with Crippen LogP contribution >= 0.6 is 0 Å². The third kappa shape index (κ3) is 3.51. The Bertz CT molecular complexity index is 567. The lowest BCUT2D eigenvalue weighted by Crippen LogP contribution is -2.16. The normalized spacial score (nSPS) is 10.0. The first-order valence-electron chi connectivity index (χ1n) is 5.89. The molecule has 1 heterocycles. The maximum atomic E-state index is 11.0. The van der Waals surface area contributed by atoms with E-state index in [4.69, 9.17) is 0 Å². The van der Waals surface area contributed by atoms with Crippen LogP contribution in [0.15, 0.2) is 36.7 Å². The molecule has 1 aromatic heterocycles. The molecule has 0 aliphatic heterocycles. The number of aromatic nitrogens is 2. The fourth-order valence-electron chi connectivity index (χ4n) is 1.62. The summed E-state index contributed by atoms with van der Waals surface area (Å²) in [4.78, 5) is 19.3. The molecule has 0 aliphatic carbocycles. The van der Waals surface area contributed by atoms with Crippen molar-refractivity contribution in [2.75, 3.05) is 19.0 Å². The molecule has 2 aromatic rings. The Labute approximate surface area is 111 Å². The number of esters is 1. The summed E-state index contributed by atoms with van der Waals surface area (Å²) >= 11 is 0. The molecule has 0 atom stereocenters. The molecular formula is C14H15N3O2. The van der Waals surface area contributed by atoms with Gasteiger partial charge in [-0.3, -0.25) is 4.79 Å². The number of carbonyl (C=O) groups excluding carboxylic acids is 1. The zero-order valence-corrected chi connectivity index (χ0v) is 10.9. The Morgan fingerprint density at radius 2 is 2.00 bits per heavy atom. The molecular weight excluding hydrogens is 242 g/mol. The van der Waals surface area contributed by atoms with Gasteiger partial charge in [0.05, 0.1) is 7.11 Å². The van der Waals surface area contributed by atoms with Crippen molar-refractivity contribution >= 4 is 11.9 Å². The summed E-state index contributed by atoms with van der Waals surface area (Å²) in [5, 5.41) is 2.79. The van der Waals surface area contributed by atoms with Crippen molar-refractivity contribution < 1.29 is 9.53 Å². The fourth-order valence-corrected chi connectivity index (χ4v) is 1.62. The quantitative estimate of drug-likeness (QED) is 0.849. The summed E-state index contributed by atoms with van der Waals surface area (Å²) in [6, 6.07) is 8.11. The molecule has 0 fully saturated rings. The molecule has 19 heavy (non-hydrogen) atoms. The highest BCUT2D eigenvalue weighted by atomic mass is 16.5. The molecule has 0 unspecified atom stereocenters. The number of rotatable bonds is 4. The lowest BCUT2D eigenvalue weighted by Gasteiger charge is -2.05. The van der Waals surface area contributed by atoms with E-state index in [1.165, 1.54) is 12.7 Å². The first-order valence-corrected chi connectivity index (χ1v) is 5.89. The summed E-state index contributed by atoms with van der Waals surface area (Å²) in [5.74, 6) is 0.0492. The van der Waals surface area contributed by atoms with Crippen LogP contribution in [0.2, 0.25) is 0 Å². The van der Waals surface area contributed by atoms with E-state index in [-0.39, 0.29) is 12.5 Å². The van der Waals surface area contributed by atoms with Gasteiger partial charge in [0, 0.05) is 18.0 Å². The predicted octanol–water partition coefficient (Wildman–Crippen LogP) is 2.04. The summed E-state index contributed by atoms with van der Waals surface area (Å²) in [7, 11) is 1.34. The standard InChI is InChI=1S/C14H15N3O2/c1-10-4-3-5-11(6-10)12-7-15-14(16-8-12)17-9-13(18)19-2/h3-8H,9H2,1-2H3,(H,15,16,17). The summed E-state index contributed by atoms with van der Waals surface area (Å²) in [6.45, 7) is 2.09. The molecule has 0 aliphatic rings. The Balaban J connectivity index is 2.08. The fraction of sp³-hybridized carbons (Fsp3) is 0.214. The average molecular weight is 257 g/mol. The Morgan fingerprint density at radius 3 is 2.63 bits per heavy atom. The van der Waals surface area contributed by atoms with Gasteiger partial charge in [-0.15, -0.1) is 0 Å². The van der Waals surface area contributed by atoms with E-state index in [9.17, 15) is 4.79 Å². The van der Waals surface area contributed by atoms with E-state index in [0.717, 1.165) is 11.1 Å². The van der Waals surface area contributed by atoms with Crippen LogP contribution < -0.4 is 5.32 Å². The largest absolute Gasteiger partial charge is 0.468 e. The van der Waals surface area contributed by atoms with Crippen LogP contribution in [0.3, 0.4) is 0 Å². The van der Waals surface area contributed by atoms with Gasteiger partial charge in [0.15, 0.2) is 0 Å². The number of anilines is 1. The molecule has 0 bridgehead atoms. The Morgan fingerprint density at radius 1 is 1.26 bits per heavy atom. The summed E-state index contributed by atoms with van der Waals surface area (Å²) < 4.78 is 4.52. The topological polar surface area (TPSA) is 64.1 Å². The average Bonchev–Trinajstić information content (AvgIpc) is 2.45. The van der Waals surface area contributed by atoms with Crippen molar-refractivity contribution in [1.82, 2.24) is 9.97 Å². The second kappa shape index (κ2) is 5.95. The van der Waals surface area contributed by atoms with Gasteiger partial charge in [-0.2, -0.15) is 0 Å². The van der Waals surface area contributed by atoms with E-state index in [0.29, 0.717) is 5.95 Å². The van der Waals surface area contributed by atoms with Crippen molar-refractivity contribution in [1.29, 1.82) is 0 Å². The zero-order valence-electron chi connectivity index (χ0n) is 10.9. The molecule has 98 valence electrons. The Hall–Kier alpha value is -2.43. The number of aryl methyl sites for hydroxylation is 1. The van der Waals surface area contributed by atoms with Crippen LogP contribution in [-0.2, 0) is 9.53 Å². The van der Waals surface area contributed by atoms with Crippen molar-refractivity contribution in [2.45, 2.75) is 6.92 Å². The minimum absolute atomic E-state index is 0.0558. The SMILES string of the molecule is COC(=O)CNc1ncc(-c2cccc(C)c2)cn1. The van der Waals surface area contributed by atoms with E-state index in [2.05, 4.69) is 26.1 Å². The first kappa shape index (κ1) is 13.0. The highest BCUT2D eigenvalue weighted by Gasteiger charge is 2.03. The number of carbonyl (C=O) groups is 1.